The molecule has 2 unspecified atom stereocenters. The molecule has 19 N–H and O–H groups in total. The van der Waals surface area contributed by atoms with Crippen molar-refractivity contribution in [3.63, 3.8) is 0 Å². The molecular weight excluding hydrogens is 1190 g/mol. The standard InChI is InChI=1S/C59H87N16O14P/c1-26(89-90(85,86)87-24-35-47(83)48(84)54(88-35)75-25-68-46-52(66)69-29(4)70-53(46)75)23-67-43(82)17-18-56(7)33(19-40(63)79)51-59(10)58(9,22-42(65)81)32(13-16-39(62)78)45(74-59)28(3)50-57(8,21-41(64)80)30(11-14-37(60)76)34(71-50)20-36-55(5,6)31(12-15-38(61)77)44(72-36)27(2)49(56)73-51/h20,25-26,30-33,35,47-48,51,54,71,83-84H,11-19,21-24H2,1-10H3,(H2,60,76)(H2,61,77)(H2,62,78)(H2,63,79)(H2,64,80)(H2,65,81)(H,67,82)(H,85,86)(H2,66,69,70)/b34-20-,44-27-,50-28-/t26-,30-,31-,32-,33+,35-,47-,48-,51?,54-,56-,57+,58+,59-/m1/s1. The number of aryl methyl sites for hydroxylation is 1. The van der Waals surface area contributed by atoms with Gasteiger partial charge >= 0.3 is 7.82 Å². The molecule has 90 heavy (non-hydrogen) atoms. The number of hydrogen-bond acceptors (Lipinski definition) is 21. The lowest BCUT2D eigenvalue weighted by molar-refractivity contribution is -0.124. The number of carbonyl (C=O) groups is 7. The summed E-state index contributed by atoms with van der Waals surface area (Å²) in [5.41, 5.74) is 40.5. The molecule has 31 heteroatoms. The minimum absolute atomic E-state index is 0.0147. The number of aromatic nitrogens is 4. The summed E-state index contributed by atoms with van der Waals surface area (Å²) in [6.45, 7) is 16.9. The van der Waals surface area contributed by atoms with Crippen LogP contribution < -0.4 is 50.8 Å². The van der Waals surface area contributed by atoms with Gasteiger partial charge in [0.15, 0.2) is 17.7 Å². The van der Waals surface area contributed by atoms with Gasteiger partial charge in [-0.25, -0.2) is 19.5 Å². The third-order valence-corrected chi connectivity index (χ3v) is 21.1. The summed E-state index contributed by atoms with van der Waals surface area (Å²) in [6.07, 6.45) is -4.65. The fourth-order valence-corrected chi connectivity index (χ4v) is 16.0. The van der Waals surface area contributed by atoms with Crippen LogP contribution in [0.4, 0.5) is 5.82 Å². The summed E-state index contributed by atoms with van der Waals surface area (Å²) in [5.74, 6) is -6.83. The number of primary amides is 6. The molecule has 2 fully saturated rings. The van der Waals surface area contributed by atoms with Gasteiger partial charge in [-0.15, -0.1) is 0 Å². The monoisotopic (exact) mass is 1270 g/mol. The number of nitrogen functional groups attached to an aromatic ring is 1. The average molecular weight is 1280 g/mol. The van der Waals surface area contributed by atoms with Crippen molar-refractivity contribution < 1.29 is 67.0 Å². The van der Waals surface area contributed by atoms with Crippen LogP contribution in [-0.4, -0.2) is 142 Å². The van der Waals surface area contributed by atoms with Crippen LogP contribution in [0, 0.1) is 52.3 Å². The van der Waals surface area contributed by atoms with Crippen molar-refractivity contribution in [1.82, 2.24) is 30.2 Å². The maximum atomic E-state index is 14.3. The number of nitrogens with one attached hydrogen (secondary N) is 2. The Labute approximate surface area is 520 Å². The summed E-state index contributed by atoms with van der Waals surface area (Å²) in [5, 5.41) is 28.3. The largest absolute Gasteiger partial charge is 0.472 e. The third kappa shape index (κ3) is 13.0. The van der Waals surface area contributed by atoms with Gasteiger partial charge in [0.1, 0.15) is 29.7 Å². The lowest BCUT2D eigenvalue weighted by Gasteiger charge is -2.48. The number of aliphatic hydroxyl groups excluding tert-OH is 2. The Morgan fingerprint density at radius 2 is 1.41 bits per heavy atom. The van der Waals surface area contributed by atoms with E-state index in [0.717, 1.165) is 0 Å². The van der Waals surface area contributed by atoms with Gasteiger partial charge in [0.05, 0.1) is 30.6 Å². The zero-order valence-electron chi connectivity index (χ0n) is 52.6. The van der Waals surface area contributed by atoms with Gasteiger partial charge in [-0.3, -0.25) is 62.2 Å². The van der Waals surface area contributed by atoms with E-state index in [1.165, 1.54) is 17.8 Å². The van der Waals surface area contributed by atoms with Gasteiger partial charge in [0.2, 0.25) is 41.4 Å². The number of nitrogens with zero attached hydrogens (tertiary/aromatic N) is 7. The lowest BCUT2D eigenvalue weighted by atomic mass is 9.55. The number of imidazole rings is 1. The zero-order chi connectivity index (χ0) is 66.7. The number of amides is 7. The van der Waals surface area contributed by atoms with Gasteiger partial charge in [-0.05, 0) is 77.5 Å². The van der Waals surface area contributed by atoms with E-state index in [9.17, 15) is 53.2 Å². The van der Waals surface area contributed by atoms with Crippen molar-refractivity contribution in [2.45, 2.75) is 182 Å². The highest BCUT2D eigenvalue weighted by Crippen LogP contribution is 2.62. The average Bonchev–Trinajstić information content (AvgIpc) is 1.53. The van der Waals surface area contributed by atoms with Gasteiger partial charge in [0.25, 0.3) is 0 Å². The summed E-state index contributed by atoms with van der Waals surface area (Å²) in [7, 11) is -4.95. The van der Waals surface area contributed by atoms with Crippen molar-refractivity contribution in [3.05, 3.63) is 46.5 Å². The maximum Gasteiger partial charge on any atom is 0.472 e. The van der Waals surface area contributed by atoms with Crippen LogP contribution in [0.2, 0.25) is 0 Å². The van der Waals surface area contributed by atoms with Crippen LogP contribution in [0.3, 0.4) is 0 Å². The van der Waals surface area contributed by atoms with Crippen molar-refractivity contribution in [2.24, 2.45) is 94.7 Å². The molecule has 2 saturated heterocycles. The number of hydrogen-bond donors (Lipinski definition) is 12. The molecule has 0 saturated carbocycles. The summed E-state index contributed by atoms with van der Waals surface area (Å²) in [6, 6.07) is -1.04. The molecule has 8 rings (SSSR count). The molecule has 0 aliphatic carbocycles. The topological polar surface area (TPSA) is 512 Å². The number of phosphoric ester groups is 1. The number of allylic oxidation sites excluding steroid dienone is 6. The van der Waals surface area contributed by atoms with Crippen LogP contribution in [0.1, 0.15) is 145 Å². The first-order valence-corrected chi connectivity index (χ1v) is 31.6. The highest BCUT2D eigenvalue weighted by molar-refractivity contribution is 7.47. The smallest absolute Gasteiger partial charge is 0.387 e. The second kappa shape index (κ2) is 25.4. The molecule has 7 amide bonds. The van der Waals surface area contributed by atoms with E-state index in [0.29, 0.717) is 51.2 Å². The highest BCUT2D eigenvalue weighted by Gasteiger charge is 2.66. The summed E-state index contributed by atoms with van der Waals surface area (Å²) >= 11 is 0. The van der Waals surface area contributed by atoms with E-state index in [1.807, 2.05) is 61.5 Å². The number of phosphoric acid groups is 1. The molecule has 15 atom stereocenters. The molecule has 6 aliphatic heterocycles. The Morgan fingerprint density at radius 3 is 2.01 bits per heavy atom. The SMILES string of the molecule is C/C1=C2N=C(/C=C3\N/C(=C(/C)C4=N[C@](C)(C5N=C1[C@](C)(CCC(=O)NC[C@@H](C)OP(=O)(O)OC[C@H]1O[C@@H](n6cnc7c(N)nc(C)nc76)[C@H](O)[C@@H]1O)[C@H]5CC(N)=O)[C@@](C)(CC(N)=O)[C@@H]4CCC(N)=O)[C@@](C)(CC(N)=O)[C@@H]3CCC(N)=O)C(C)(C)[C@@H]/2CCC(N)=O. The summed E-state index contributed by atoms with van der Waals surface area (Å²) in [4.78, 5) is 133. The van der Waals surface area contributed by atoms with Gasteiger partial charge in [-0.1, -0.05) is 34.6 Å². The number of aliphatic hydroxyl groups is 2. The van der Waals surface area contributed by atoms with E-state index in [1.54, 1.807) is 6.92 Å². The number of fused-ring (bicyclic) bond motifs is 7. The van der Waals surface area contributed by atoms with Gasteiger partial charge < -0.3 is 70.6 Å². The first-order valence-electron chi connectivity index (χ1n) is 30.1. The Morgan fingerprint density at radius 1 is 0.800 bits per heavy atom. The van der Waals surface area contributed by atoms with E-state index in [-0.39, 0.29) is 94.2 Å². The molecule has 2 aromatic rings. The fraction of sp³-hybridized carbons (Fsp3) is 0.644. The number of anilines is 1. The fourth-order valence-electron chi connectivity index (χ4n) is 15.1. The van der Waals surface area contributed by atoms with Crippen LogP contribution in [0.15, 0.2) is 55.6 Å². The van der Waals surface area contributed by atoms with Crippen molar-refractivity contribution in [2.75, 3.05) is 18.9 Å². The first kappa shape index (κ1) is 68.6. The Balaban J connectivity index is 1.17. The lowest BCUT2D eigenvalue weighted by Crippen LogP contribution is -2.56. The molecule has 0 spiro atoms. The molecule has 8 bridgehead atoms. The van der Waals surface area contributed by atoms with E-state index < -0.39 is 143 Å². The van der Waals surface area contributed by atoms with E-state index in [2.05, 4.69) is 25.6 Å². The number of carbonyl (C=O) groups excluding carboxylic acids is 7. The third-order valence-electron chi connectivity index (χ3n) is 20.0. The maximum absolute atomic E-state index is 14.3. The Hall–Kier alpha value is -7.34. The second-order valence-electron chi connectivity index (χ2n) is 26.5. The van der Waals surface area contributed by atoms with E-state index in [4.69, 9.17) is 68.9 Å². The molecule has 8 heterocycles. The minimum Gasteiger partial charge on any atom is -0.387 e. The Bertz CT molecular complexity index is 3540. The van der Waals surface area contributed by atoms with Crippen molar-refractivity contribution in [3.8, 4) is 0 Å². The van der Waals surface area contributed by atoms with Crippen LogP contribution in [-0.2, 0) is 51.9 Å². The molecule has 30 nitrogen and oxygen atoms in total. The normalized spacial score (nSPS) is 34.2. The number of rotatable bonds is 26. The van der Waals surface area contributed by atoms with Crippen LogP contribution in [0.5, 0.6) is 0 Å². The predicted octanol–water partition coefficient (Wildman–Crippen LogP) is 1.23. The Kier molecular flexibility index (Phi) is 19.3. The molecule has 0 radical (unpaired) electrons. The molecule has 0 aromatic carbocycles. The van der Waals surface area contributed by atoms with Gasteiger partial charge in [-0.2, -0.15) is 0 Å². The van der Waals surface area contributed by atoms with Crippen LogP contribution >= 0.6 is 7.82 Å². The first-order chi connectivity index (χ1) is 41.8. The molecule has 2 aromatic heterocycles. The van der Waals surface area contributed by atoms with E-state index >= 15 is 0 Å². The molecule has 6 aliphatic rings. The number of aliphatic imine (C=N–C) groups is 3. The minimum atomic E-state index is -4.95. The molecular formula is C59H87N16O14P. The highest BCUT2D eigenvalue weighted by atomic mass is 31.2. The molecule has 492 valence electrons. The van der Waals surface area contributed by atoms with Crippen LogP contribution in [0.25, 0.3) is 11.2 Å². The van der Waals surface area contributed by atoms with Crippen molar-refractivity contribution >= 4 is 83.3 Å². The summed E-state index contributed by atoms with van der Waals surface area (Å²) < 4.78 is 31.3. The quantitative estimate of drug-likeness (QED) is 0.0589. The number of ether oxygens (including phenoxy) is 1. The number of nitrogens with two attached hydrogens (primary N) is 7. The van der Waals surface area contributed by atoms with Crippen molar-refractivity contribution in [1.29, 1.82) is 0 Å². The predicted molar refractivity (Wildman–Crippen MR) is 329 cm³/mol. The second-order valence-corrected chi connectivity index (χ2v) is 27.9. The zero-order valence-corrected chi connectivity index (χ0v) is 53.5. The van der Waals surface area contributed by atoms with Gasteiger partial charge in [0, 0.05) is 131 Å².